The van der Waals surface area contributed by atoms with Gasteiger partial charge in [0.2, 0.25) is 11.8 Å². The van der Waals surface area contributed by atoms with Gasteiger partial charge in [0.15, 0.2) is 0 Å². The molecule has 0 aliphatic carbocycles. The Bertz CT molecular complexity index is 561. The highest BCUT2D eigenvalue weighted by Crippen LogP contribution is 2.25. The van der Waals surface area contributed by atoms with Crippen molar-refractivity contribution in [3.05, 3.63) is 30.1 Å². The molecular weight excluding hydrogens is 280 g/mol. The van der Waals surface area contributed by atoms with Gasteiger partial charge in [-0.1, -0.05) is 0 Å². The van der Waals surface area contributed by atoms with Crippen molar-refractivity contribution in [2.45, 2.75) is 44.9 Å². The predicted octanol–water partition coefficient (Wildman–Crippen LogP) is 0.391. The van der Waals surface area contributed by atoms with Crippen molar-refractivity contribution in [2.24, 2.45) is 0 Å². The molecule has 3 rings (SSSR count). The predicted molar refractivity (Wildman–Crippen MR) is 81.8 cm³/mol. The van der Waals surface area contributed by atoms with E-state index in [-0.39, 0.29) is 18.0 Å². The Balaban J connectivity index is 1.87. The molecule has 2 atom stereocenters. The van der Waals surface area contributed by atoms with Gasteiger partial charge in [0.25, 0.3) is 0 Å². The third-order valence-corrected chi connectivity index (χ3v) is 4.51. The smallest absolute Gasteiger partial charge is 0.243 e. The minimum atomic E-state index is -0.435. The highest BCUT2D eigenvalue weighted by atomic mass is 16.2. The Morgan fingerprint density at radius 2 is 2.05 bits per heavy atom. The second-order valence-corrected chi connectivity index (χ2v) is 6.18. The highest BCUT2D eigenvalue weighted by Gasteiger charge is 2.44. The van der Waals surface area contributed by atoms with Gasteiger partial charge in [-0.25, -0.2) is 0 Å². The van der Waals surface area contributed by atoms with Crippen LogP contribution in [-0.4, -0.2) is 57.9 Å². The van der Waals surface area contributed by atoms with E-state index in [2.05, 4.69) is 29.0 Å². The Kier molecular flexibility index (Phi) is 4.11. The maximum absolute atomic E-state index is 12.4. The maximum atomic E-state index is 12.4. The van der Waals surface area contributed by atoms with E-state index in [0.717, 1.165) is 12.1 Å². The fraction of sp³-hybridized carbons (Fsp3) is 0.562. The van der Waals surface area contributed by atoms with Gasteiger partial charge in [-0.2, -0.15) is 0 Å². The summed E-state index contributed by atoms with van der Waals surface area (Å²) in [6, 6.07) is 3.70. The summed E-state index contributed by atoms with van der Waals surface area (Å²) in [6.45, 7) is 5.52. The molecule has 0 radical (unpaired) electrons. The van der Waals surface area contributed by atoms with Gasteiger partial charge in [-0.15, -0.1) is 0 Å². The van der Waals surface area contributed by atoms with Crippen molar-refractivity contribution in [2.75, 3.05) is 13.1 Å². The molecule has 0 spiro atoms. The fourth-order valence-corrected chi connectivity index (χ4v) is 3.40. The second-order valence-electron chi connectivity index (χ2n) is 6.18. The topological polar surface area (TPSA) is 65.5 Å². The molecule has 0 saturated carbocycles. The van der Waals surface area contributed by atoms with Gasteiger partial charge in [-0.05, 0) is 31.5 Å². The van der Waals surface area contributed by atoms with Crippen LogP contribution in [0, 0.1) is 0 Å². The Labute approximate surface area is 130 Å². The maximum Gasteiger partial charge on any atom is 0.243 e. The number of pyridine rings is 1. The van der Waals surface area contributed by atoms with Crippen molar-refractivity contribution in [1.82, 2.24) is 20.1 Å². The zero-order valence-corrected chi connectivity index (χ0v) is 13.0. The number of rotatable bonds is 3. The molecule has 1 aromatic rings. The van der Waals surface area contributed by atoms with E-state index < -0.39 is 6.04 Å². The summed E-state index contributed by atoms with van der Waals surface area (Å²) >= 11 is 0. The minimum absolute atomic E-state index is 0.0363. The summed E-state index contributed by atoms with van der Waals surface area (Å²) in [7, 11) is 0. The number of carbonyl (C=O) groups is 2. The summed E-state index contributed by atoms with van der Waals surface area (Å²) in [5.74, 6) is 0.0165. The number of nitrogens with one attached hydrogen (secondary N) is 1. The van der Waals surface area contributed by atoms with Crippen molar-refractivity contribution in [3.63, 3.8) is 0 Å². The van der Waals surface area contributed by atoms with Crippen LogP contribution < -0.4 is 5.32 Å². The molecule has 2 aliphatic heterocycles. The summed E-state index contributed by atoms with van der Waals surface area (Å²) in [6.07, 6.45) is 4.40. The highest BCUT2D eigenvalue weighted by molar-refractivity contribution is 5.89. The quantitative estimate of drug-likeness (QED) is 0.877. The summed E-state index contributed by atoms with van der Waals surface area (Å²) in [5.41, 5.74) is 1.02. The van der Waals surface area contributed by atoms with Gasteiger partial charge in [-0.3, -0.25) is 19.5 Å². The Hall–Kier alpha value is -1.95. The van der Waals surface area contributed by atoms with Crippen LogP contribution in [0.5, 0.6) is 0 Å². The number of hydrogen-bond donors (Lipinski definition) is 1. The van der Waals surface area contributed by atoms with E-state index in [9.17, 15) is 9.59 Å². The first-order valence-corrected chi connectivity index (χ1v) is 7.81. The molecule has 1 aromatic heterocycles. The van der Waals surface area contributed by atoms with Crippen molar-refractivity contribution in [3.8, 4) is 0 Å². The van der Waals surface area contributed by atoms with E-state index in [1.54, 1.807) is 17.3 Å². The minimum Gasteiger partial charge on any atom is -0.351 e. The summed E-state index contributed by atoms with van der Waals surface area (Å²) in [5, 5.41) is 2.97. The zero-order valence-electron chi connectivity index (χ0n) is 13.0. The first-order valence-electron chi connectivity index (χ1n) is 7.81. The first kappa shape index (κ1) is 15.0. The lowest BCUT2D eigenvalue weighted by molar-refractivity contribution is -0.161. The molecular formula is C16H22N4O2. The van der Waals surface area contributed by atoms with Crippen LogP contribution in [0.3, 0.4) is 0 Å². The van der Waals surface area contributed by atoms with Crippen LogP contribution in [0.15, 0.2) is 24.5 Å². The molecule has 2 fully saturated rings. The standard InChI is InChI=1S/C16H22N4O2/c1-11(2)19-8-5-15(21)20-13(16(22)18-10-14(19)20)9-12-3-6-17-7-4-12/h3-4,6-7,11,13-14H,5,8-10H2,1-2H3,(H,18,22). The van der Waals surface area contributed by atoms with Crippen LogP contribution in [0.25, 0.3) is 0 Å². The van der Waals surface area contributed by atoms with E-state index in [1.165, 1.54) is 0 Å². The SMILES string of the molecule is CC(C)N1CCC(=O)N2C(Cc3ccncc3)C(=O)NCC12. The number of carbonyl (C=O) groups excluding carboxylic acids is 2. The molecule has 2 amide bonds. The summed E-state index contributed by atoms with van der Waals surface area (Å²) in [4.78, 5) is 32.9. The number of hydrogen-bond acceptors (Lipinski definition) is 4. The van der Waals surface area contributed by atoms with Gasteiger partial charge in [0.05, 0.1) is 6.54 Å². The lowest BCUT2D eigenvalue weighted by Gasteiger charge is -2.51. The largest absolute Gasteiger partial charge is 0.351 e. The second kappa shape index (κ2) is 6.04. The molecule has 22 heavy (non-hydrogen) atoms. The Morgan fingerprint density at radius 3 is 2.73 bits per heavy atom. The monoisotopic (exact) mass is 302 g/mol. The molecule has 2 unspecified atom stereocenters. The van der Waals surface area contributed by atoms with Gasteiger partial charge < -0.3 is 10.2 Å². The Morgan fingerprint density at radius 1 is 1.32 bits per heavy atom. The first-order chi connectivity index (χ1) is 10.6. The van der Waals surface area contributed by atoms with Gasteiger partial charge in [0, 0.05) is 37.8 Å². The normalized spacial score (nSPS) is 26.0. The van der Waals surface area contributed by atoms with E-state index >= 15 is 0 Å². The van der Waals surface area contributed by atoms with E-state index in [4.69, 9.17) is 0 Å². The molecule has 0 bridgehead atoms. The van der Waals surface area contributed by atoms with Crippen LogP contribution in [-0.2, 0) is 16.0 Å². The fourth-order valence-electron chi connectivity index (χ4n) is 3.40. The molecule has 0 aromatic carbocycles. The van der Waals surface area contributed by atoms with Crippen LogP contribution in [0.1, 0.15) is 25.8 Å². The van der Waals surface area contributed by atoms with Gasteiger partial charge in [0.1, 0.15) is 12.2 Å². The van der Waals surface area contributed by atoms with Crippen molar-refractivity contribution < 1.29 is 9.59 Å². The molecule has 1 N–H and O–H groups in total. The van der Waals surface area contributed by atoms with E-state index in [0.29, 0.717) is 25.4 Å². The number of nitrogens with zero attached hydrogens (tertiary/aromatic N) is 3. The number of piperazine rings is 1. The molecule has 6 heteroatoms. The third-order valence-electron chi connectivity index (χ3n) is 4.51. The van der Waals surface area contributed by atoms with Crippen molar-refractivity contribution >= 4 is 11.8 Å². The average Bonchev–Trinajstić information content (AvgIpc) is 2.51. The third kappa shape index (κ3) is 2.70. The molecule has 6 nitrogen and oxygen atoms in total. The molecule has 2 saturated heterocycles. The lowest BCUT2D eigenvalue weighted by atomic mass is 9.98. The number of aromatic nitrogens is 1. The van der Waals surface area contributed by atoms with Crippen LogP contribution >= 0.6 is 0 Å². The average molecular weight is 302 g/mol. The lowest BCUT2D eigenvalue weighted by Crippen LogP contribution is -2.71. The molecule has 3 heterocycles. The van der Waals surface area contributed by atoms with Gasteiger partial charge >= 0.3 is 0 Å². The van der Waals surface area contributed by atoms with Crippen molar-refractivity contribution in [1.29, 1.82) is 0 Å². The summed E-state index contributed by atoms with van der Waals surface area (Å²) < 4.78 is 0. The van der Waals surface area contributed by atoms with Crippen LogP contribution in [0.2, 0.25) is 0 Å². The number of amides is 2. The number of fused-ring (bicyclic) bond motifs is 1. The molecule has 2 aliphatic rings. The zero-order chi connectivity index (χ0) is 15.7. The molecule has 118 valence electrons. The van der Waals surface area contributed by atoms with Crippen LogP contribution in [0.4, 0.5) is 0 Å². The van der Waals surface area contributed by atoms with E-state index in [1.807, 2.05) is 12.1 Å².